The first-order valence-electron chi connectivity index (χ1n) is 9.36. The third-order valence-electron chi connectivity index (χ3n) is 4.81. The van der Waals surface area contributed by atoms with Gasteiger partial charge in [-0.15, -0.1) is 23.1 Å². The average molecular weight is 436 g/mol. The van der Waals surface area contributed by atoms with Crippen molar-refractivity contribution in [3.8, 4) is 0 Å². The second-order valence-electron chi connectivity index (χ2n) is 6.68. The number of hydrogen-bond donors (Lipinski definition) is 2. The van der Waals surface area contributed by atoms with Crippen molar-refractivity contribution < 1.29 is 10.2 Å². The smallest absolute Gasteiger partial charge is 0.142 e. The molecule has 0 amide bonds. The van der Waals surface area contributed by atoms with E-state index in [1.165, 1.54) is 16.9 Å². The number of aliphatic hydroxyl groups excluding tert-OH is 2. The van der Waals surface area contributed by atoms with Crippen LogP contribution in [0.1, 0.15) is 22.7 Å². The molecule has 0 radical (unpaired) electrons. The number of anilines is 1. The zero-order chi connectivity index (χ0) is 19.5. The second-order valence-corrected chi connectivity index (χ2v) is 9.25. The molecule has 1 aliphatic rings. The highest BCUT2D eigenvalue weighted by molar-refractivity contribution is 7.98. The van der Waals surface area contributed by atoms with E-state index < -0.39 is 0 Å². The number of hydrogen-bond acceptors (Lipinski definition) is 7. The van der Waals surface area contributed by atoms with Gasteiger partial charge in [0.2, 0.25) is 0 Å². The summed E-state index contributed by atoms with van der Waals surface area (Å²) in [4.78, 5) is 15.2. The molecule has 2 aromatic heterocycles. The summed E-state index contributed by atoms with van der Waals surface area (Å²) in [7, 11) is 0. The molecule has 2 heterocycles. The number of fused-ring (bicyclic) bond motifs is 3. The molecule has 5 nitrogen and oxygen atoms in total. The molecule has 1 aliphatic carbocycles. The molecule has 3 aromatic rings. The first-order chi connectivity index (χ1) is 13.7. The highest BCUT2D eigenvalue weighted by Crippen LogP contribution is 2.41. The number of benzene rings is 1. The Bertz CT molecular complexity index is 956. The van der Waals surface area contributed by atoms with Crippen LogP contribution in [0.5, 0.6) is 0 Å². The van der Waals surface area contributed by atoms with Crippen molar-refractivity contribution in [2.75, 3.05) is 31.2 Å². The van der Waals surface area contributed by atoms with E-state index in [1.54, 1.807) is 23.1 Å². The van der Waals surface area contributed by atoms with Gasteiger partial charge in [-0.1, -0.05) is 11.6 Å². The molecular weight excluding hydrogens is 414 g/mol. The molecule has 0 saturated heterocycles. The van der Waals surface area contributed by atoms with E-state index in [0.717, 1.165) is 44.6 Å². The van der Waals surface area contributed by atoms with Crippen molar-refractivity contribution in [2.24, 2.45) is 0 Å². The van der Waals surface area contributed by atoms with Gasteiger partial charge in [0.1, 0.15) is 16.5 Å². The highest BCUT2D eigenvalue weighted by atomic mass is 35.5. The predicted molar refractivity (Wildman–Crippen MR) is 117 cm³/mol. The monoisotopic (exact) mass is 435 g/mol. The fourth-order valence-electron chi connectivity index (χ4n) is 3.56. The van der Waals surface area contributed by atoms with Gasteiger partial charge < -0.3 is 15.1 Å². The first kappa shape index (κ1) is 19.9. The molecule has 8 heteroatoms. The molecule has 4 rings (SSSR count). The van der Waals surface area contributed by atoms with Gasteiger partial charge in [-0.3, -0.25) is 0 Å². The summed E-state index contributed by atoms with van der Waals surface area (Å²) in [5.41, 5.74) is 1.35. The summed E-state index contributed by atoms with van der Waals surface area (Å²) in [6, 6.07) is 7.76. The zero-order valence-electron chi connectivity index (χ0n) is 15.4. The van der Waals surface area contributed by atoms with Crippen LogP contribution in [0.4, 0.5) is 5.82 Å². The van der Waals surface area contributed by atoms with Gasteiger partial charge in [0.15, 0.2) is 0 Å². The van der Waals surface area contributed by atoms with Crippen molar-refractivity contribution in [1.82, 2.24) is 9.97 Å². The van der Waals surface area contributed by atoms with E-state index in [4.69, 9.17) is 21.6 Å². The topological polar surface area (TPSA) is 69.5 Å². The molecule has 2 N–H and O–H groups in total. The summed E-state index contributed by atoms with van der Waals surface area (Å²) in [5, 5.41) is 20.8. The highest BCUT2D eigenvalue weighted by Gasteiger charge is 2.24. The van der Waals surface area contributed by atoms with Crippen LogP contribution in [0.3, 0.4) is 0 Å². The Morgan fingerprint density at radius 2 is 1.82 bits per heavy atom. The number of halogens is 1. The molecule has 28 heavy (non-hydrogen) atoms. The van der Waals surface area contributed by atoms with E-state index >= 15 is 0 Å². The minimum Gasteiger partial charge on any atom is -0.395 e. The Hall–Kier alpha value is -1.38. The minimum absolute atomic E-state index is 0.0205. The Morgan fingerprint density at radius 3 is 2.54 bits per heavy atom. The lowest BCUT2D eigenvalue weighted by molar-refractivity contribution is 0.281. The maximum Gasteiger partial charge on any atom is 0.142 e. The fourth-order valence-corrected chi connectivity index (χ4v) is 5.71. The lowest BCUT2D eigenvalue weighted by Crippen LogP contribution is -2.31. The van der Waals surface area contributed by atoms with Crippen LogP contribution in [0.2, 0.25) is 5.02 Å². The quantitative estimate of drug-likeness (QED) is 0.523. The van der Waals surface area contributed by atoms with Gasteiger partial charge in [-0.05, 0) is 49.1 Å². The van der Waals surface area contributed by atoms with Gasteiger partial charge >= 0.3 is 0 Å². The summed E-state index contributed by atoms with van der Waals surface area (Å²) in [6.07, 6.45) is 3.33. The van der Waals surface area contributed by atoms with Gasteiger partial charge in [0.05, 0.1) is 24.4 Å². The van der Waals surface area contributed by atoms with Crippen molar-refractivity contribution >= 4 is 50.7 Å². The summed E-state index contributed by atoms with van der Waals surface area (Å²) < 4.78 is 0. The summed E-state index contributed by atoms with van der Waals surface area (Å²) in [6.45, 7) is 0.932. The van der Waals surface area contributed by atoms with Crippen molar-refractivity contribution in [3.63, 3.8) is 0 Å². The molecule has 148 valence electrons. The number of aliphatic hydroxyl groups is 2. The summed E-state index contributed by atoms with van der Waals surface area (Å²) in [5.74, 6) is 2.27. The molecule has 0 saturated carbocycles. The van der Waals surface area contributed by atoms with E-state index in [1.807, 2.05) is 29.2 Å². The lowest BCUT2D eigenvalue weighted by Gasteiger charge is -2.23. The second kappa shape index (κ2) is 8.97. The van der Waals surface area contributed by atoms with Crippen LogP contribution in [0, 0.1) is 0 Å². The van der Waals surface area contributed by atoms with E-state index in [0.29, 0.717) is 18.8 Å². The van der Waals surface area contributed by atoms with Gasteiger partial charge in [0.25, 0.3) is 0 Å². The van der Waals surface area contributed by atoms with Crippen LogP contribution < -0.4 is 4.90 Å². The molecule has 1 aromatic carbocycles. The number of aromatic nitrogens is 2. The van der Waals surface area contributed by atoms with Crippen LogP contribution in [-0.2, 0) is 18.6 Å². The molecule has 0 bridgehead atoms. The molecule has 0 unspecified atom stereocenters. The van der Waals surface area contributed by atoms with E-state index in [9.17, 15) is 10.2 Å². The Kier molecular flexibility index (Phi) is 6.38. The number of thiophene rings is 1. The molecule has 0 atom stereocenters. The van der Waals surface area contributed by atoms with E-state index in [2.05, 4.69) is 0 Å². The molecular formula is C20H22ClN3O2S2. The van der Waals surface area contributed by atoms with Crippen LogP contribution in [0.25, 0.3) is 10.2 Å². The molecule has 0 aliphatic heterocycles. The largest absolute Gasteiger partial charge is 0.395 e. The van der Waals surface area contributed by atoms with Crippen molar-refractivity contribution in [2.45, 2.75) is 29.9 Å². The minimum atomic E-state index is 0.0205. The SMILES string of the molecule is OCCN(CCO)c1nc(CSc2ccc(Cl)cc2)nc2sc3c(c12)CCC3. The normalized spacial score (nSPS) is 13.2. The maximum absolute atomic E-state index is 9.51. The standard InChI is InChI=1S/C20H22ClN3O2S2/c21-13-4-6-14(7-5-13)27-12-17-22-19(24(8-10-25)9-11-26)18-15-2-1-3-16(15)28-20(18)23-17/h4-7,25-26H,1-3,8-12H2. The van der Waals surface area contributed by atoms with Gasteiger partial charge in [0, 0.05) is 27.9 Å². The van der Waals surface area contributed by atoms with Gasteiger partial charge in [-0.2, -0.15) is 0 Å². The first-order valence-corrected chi connectivity index (χ1v) is 11.5. The Balaban J connectivity index is 1.70. The molecule has 0 spiro atoms. The third-order valence-corrected chi connectivity index (χ3v) is 7.26. The van der Waals surface area contributed by atoms with Crippen molar-refractivity contribution in [1.29, 1.82) is 0 Å². The number of nitrogens with zero attached hydrogens (tertiary/aromatic N) is 3. The van der Waals surface area contributed by atoms with Crippen molar-refractivity contribution in [3.05, 3.63) is 45.6 Å². The van der Waals surface area contributed by atoms with Crippen LogP contribution in [0.15, 0.2) is 29.2 Å². The average Bonchev–Trinajstić information content (AvgIpc) is 3.28. The fraction of sp³-hybridized carbons (Fsp3) is 0.400. The third kappa shape index (κ3) is 4.14. The van der Waals surface area contributed by atoms with E-state index in [-0.39, 0.29) is 13.2 Å². The Labute approximate surface area is 177 Å². The number of aryl methyl sites for hydroxylation is 2. The lowest BCUT2D eigenvalue weighted by atomic mass is 10.2. The van der Waals surface area contributed by atoms with Crippen LogP contribution in [-0.4, -0.2) is 46.5 Å². The summed E-state index contributed by atoms with van der Waals surface area (Å²) >= 11 is 9.40. The Morgan fingerprint density at radius 1 is 1.07 bits per heavy atom. The molecule has 0 fully saturated rings. The predicted octanol–water partition coefficient (Wildman–Crippen LogP) is 3.92. The zero-order valence-corrected chi connectivity index (χ0v) is 17.8. The maximum atomic E-state index is 9.51. The number of thioether (sulfide) groups is 1. The number of rotatable bonds is 8. The van der Waals surface area contributed by atoms with Gasteiger partial charge in [-0.25, -0.2) is 9.97 Å². The van der Waals surface area contributed by atoms with Crippen LogP contribution >= 0.6 is 34.7 Å².